The van der Waals surface area contributed by atoms with Crippen LogP contribution in [-0.2, 0) is 0 Å². The third-order valence-corrected chi connectivity index (χ3v) is 3.59. The Morgan fingerprint density at radius 1 is 0.952 bits per heavy atom. The highest BCUT2D eigenvalue weighted by Crippen LogP contribution is 2.19. The number of hydrogen-bond donors (Lipinski definition) is 0. The third-order valence-electron chi connectivity index (χ3n) is 3.34. The van der Waals surface area contributed by atoms with Crippen LogP contribution >= 0.6 is 11.6 Å². The van der Waals surface area contributed by atoms with Crippen LogP contribution < -0.4 is 0 Å². The first-order valence-corrected chi connectivity index (χ1v) is 7.15. The van der Waals surface area contributed by atoms with Gasteiger partial charge in [-0.3, -0.25) is 4.99 Å². The minimum absolute atomic E-state index is 0.737. The second kappa shape index (κ2) is 5.98. The molecule has 0 spiro atoms. The Labute approximate surface area is 129 Å². The first-order valence-electron chi connectivity index (χ1n) is 6.77. The van der Waals surface area contributed by atoms with E-state index in [-0.39, 0.29) is 0 Å². The molecule has 0 amide bonds. The summed E-state index contributed by atoms with van der Waals surface area (Å²) in [4.78, 5) is 4.58. The normalized spacial score (nSPS) is 11.1. The van der Waals surface area contributed by atoms with E-state index in [1.54, 1.807) is 0 Å². The number of hydrogen-bond acceptors (Lipinski definition) is 1. The van der Waals surface area contributed by atoms with E-state index in [9.17, 15) is 0 Å². The van der Waals surface area contributed by atoms with Crippen LogP contribution in [0, 0.1) is 6.92 Å². The van der Waals surface area contributed by atoms with Crippen LogP contribution in [0.2, 0.25) is 5.02 Å². The number of rotatable bonds is 3. The topological polar surface area (TPSA) is 17.3 Å². The van der Waals surface area contributed by atoms with E-state index in [0.29, 0.717) is 0 Å². The van der Waals surface area contributed by atoms with E-state index in [4.69, 9.17) is 11.6 Å². The van der Waals surface area contributed by atoms with Crippen molar-refractivity contribution in [2.45, 2.75) is 6.92 Å². The summed E-state index contributed by atoms with van der Waals surface area (Å²) in [7, 11) is 0. The van der Waals surface area contributed by atoms with Gasteiger partial charge in [0.2, 0.25) is 0 Å². The van der Waals surface area contributed by atoms with E-state index in [0.717, 1.165) is 22.1 Å². The van der Waals surface area contributed by atoms with Gasteiger partial charge in [-0.25, -0.2) is 0 Å². The van der Waals surface area contributed by atoms with Crippen LogP contribution in [0.4, 0.5) is 5.69 Å². The summed E-state index contributed by atoms with van der Waals surface area (Å²) in [6.07, 6.45) is 3.90. The van der Waals surface area contributed by atoms with Gasteiger partial charge in [-0.1, -0.05) is 29.8 Å². The fraction of sp³-hybridized carbons (Fsp3) is 0.0556. The average molecular weight is 295 g/mol. The zero-order valence-corrected chi connectivity index (χ0v) is 12.5. The lowest BCUT2D eigenvalue weighted by molar-refractivity contribution is 1.07. The van der Waals surface area contributed by atoms with Gasteiger partial charge in [0.1, 0.15) is 0 Å². The Morgan fingerprint density at radius 3 is 2.48 bits per heavy atom. The molecular formula is C18H15ClN2. The van der Waals surface area contributed by atoms with Gasteiger partial charge in [-0.05, 0) is 55.0 Å². The summed E-state index contributed by atoms with van der Waals surface area (Å²) in [6, 6.07) is 19.9. The predicted molar refractivity (Wildman–Crippen MR) is 89.2 cm³/mol. The molecule has 0 N–H and O–H groups in total. The fourth-order valence-corrected chi connectivity index (χ4v) is 2.31. The Balaban J connectivity index is 1.93. The van der Waals surface area contributed by atoms with Crippen molar-refractivity contribution in [2.24, 2.45) is 4.99 Å². The van der Waals surface area contributed by atoms with Crippen molar-refractivity contribution in [2.75, 3.05) is 0 Å². The number of aryl methyl sites for hydroxylation is 1. The number of para-hydroxylation sites is 1. The minimum atomic E-state index is 0.737. The zero-order valence-electron chi connectivity index (χ0n) is 11.7. The SMILES string of the molecule is Cc1ccccc1N=Cc1cccn1-c1ccc(Cl)cc1. The Kier molecular flexibility index (Phi) is 3.89. The lowest BCUT2D eigenvalue weighted by Crippen LogP contribution is -1.97. The Bertz CT molecular complexity index is 770. The molecule has 0 bridgehead atoms. The molecule has 0 aliphatic heterocycles. The standard InChI is InChI=1S/C18H15ClN2/c1-14-5-2-3-7-18(14)20-13-17-6-4-12-21(17)16-10-8-15(19)9-11-16/h2-13H,1H3. The number of benzene rings is 2. The molecule has 0 saturated heterocycles. The van der Waals surface area contributed by atoms with Crippen molar-refractivity contribution < 1.29 is 0 Å². The summed E-state index contributed by atoms with van der Waals surface area (Å²) in [5, 5.41) is 0.737. The minimum Gasteiger partial charge on any atom is -0.316 e. The lowest BCUT2D eigenvalue weighted by Gasteiger charge is -2.06. The van der Waals surface area contributed by atoms with Crippen molar-refractivity contribution in [3.63, 3.8) is 0 Å². The average Bonchev–Trinajstić information content (AvgIpc) is 2.96. The molecule has 3 heteroatoms. The molecule has 0 fully saturated rings. The van der Waals surface area contributed by atoms with Crippen LogP contribution in [0.5, 0.6) is 0 Å². The van der Waals surface area contributed by atoms with Gasteiger partial charge in [-0.2, -0.15) is 0 Å². The summed E-state index contributed by atoms with van der Waals surface area (Å²) in [5.74, 6) is 0. The van der Waals surface area contributed by atoms with Gasteiger partial charge in [0, 0.05) is 16.9 Å². The predicted octanol–water partition coefficient (Wildman–Crippen LogP) is 5.19. The molecule has 0 saturated carbocycles. The molecule has 0 aliphatic rings. The number of aliphatic imine (C=N–C) groups is 1. The molecule has 0 unspecified atom stereocenters. The summed E-state index contributed by atoms with van der Waals surface area (Å²) in [6.45, 7) is 2.06. The third kappa shape index (κ3) is 3.06. The van der Waals surface area contributed by atoms with Gasteiger partial charge < -0.3 is 4.57 Å². The van der Waals surface area contributed by atoms with E-state index in [1.165, 1.54) is 5.56 Å². The quantitative estimate of drug-likeness (QED) is 0.592. The van der Waals surface area contributed by atoms with Gasteiger partial charge >= 0.3 is 0 Å². The molecule has 104 valence electrons. The highest BCUT2D eigenvalue weighted by Gasteiger charge is 2.01. The van der Waals surface area contributed by atoms with Gasteiger partial charge in [0.25, 0.3) is 0 Å². The summed E-state index contributed by atoms with van der Waals surface area (Å²) < 4.78 is 2.08. The molecule has 3 aromatic rings. The van der Waals surface area contributed by atoms with Gasteiger partial charge in [0.15, 0.2) is 0 Å². The largest absolute Gasteiger partial charge is 0.316 e. The second-order valence-electron chi connectivity index (χ2n) is 4.82. The lowest BCUT2D eigenvalue weighted by atomic mass is 10.2. The van der Waals surface area contributed by atoms with Crippen LogP contribution in [0.25, 0.3) is 5.69 Å². The maximum Gasteiger partial charge on any atom is 0.0659 e. The molecule has 21 heavy (non-hydrogen) atoms. The zero-order chi connectivity index (χ0) is 14.7. The van der Waals surface area contributed by atoms with E-state index < -0.39 is 0 Å². The second-order valence-corrected chi connectivity index (χ2v) is 5.26. The molecule has 2 nitrogen and oxygen atoms in total. The van der Waals surface area contributed by atoms with Crippen LogP contribution in [0.3, 0.4) is 0 Å². The molecule has 0 radical (unpaired) electrons. The molecule has 1 aromatic heterocycles. The molecule has 1 heterocycles. The highest BCUT2D eigenvalue weighted by atomic mass is 35.5. The molecule has 0 atom stereocenters. The van der Waals surface area contributed by atoms with Crippen molar-refractivity contribution in [1.82, 2.24) is 4.57 Å². The fourth-order valence-electron chi connectivity index (χ4n) is 2.18. The number of aromatic nitrogens is 1. The van der Waals surface area contributed by atoms with Crippen LogP contribution in [0.15, 0.2) is 71.9 Å². The maximum absolute atomic E-state index is 5.94. The van der Waals surface area contributed by atoms with Crippen molar-refractivity contribution >= 4 is 23.5 Å². The maximum atomic E-state index is 5.94. The van der Waals surface area contributed by atoms with Gasteiger partial charge in [0.05, 0.1) is 17.6 Å². The Hall–Kier alpha value is -2.32. The van der Waals surface area contributed by atoms with Crippen molar-refractivity contribution in [1.29, 1.82) is 0 Å². The molecular weight excluding hydrogens is 280 g/mol. The van der Waals surface area contributed by atoms with E-state index in [1.807, 2.05) is 67.0 Å². The first-order chi connectivity index (χ1) is 10.2. The van der Waals surface area contributed by atoms with E-state index in [2.05, 4.69) is 22.5 Å². The summed E-state index contributed by atoms with van der Waals surface area (Å²) >= 11 is 5.94. The number of nitrogens with zero attached hydrogens (tertiary/aromatic N) is 2. The number of halogens is 1. The smallest absolute Gasteiger partial charge is 0.0659 e. The monoisotopic (exact) mass is 294 g/mol. The van der Waals surface area contributed by atoms with Crippen LogP contribution in [-0.4, -0.2) is 10.8 Å². The highest BCUT2D eigenvalue weighted by molar-refractivity contribution is 6.30. The molecule has 0 aliphatic carbocycles. The van der Waals surface area contributed by atoms with E-state index >= 15 is 0 Å². The Morgan fingerprint density at radius 2 is 1.71 bits per heavy atom. The van der Waals surface area contributed by atoms with Crippen molar-refractivity contribution in [3.8, 4) is 5.69 Å². The van der Waals surface area contributed by atoms with Crippen LogP contribution in [0.1, 0.15) is 11.3 Å². The summed E-state index contributed by atoms with van der Waals surface area (Å²) in [5.41, 5.74) is 4.25. The molecule has 2 aromatic carbocycles. The molecule has 3 rings (SSSR count). The first kappa shape index (κ1) is 13.7. The van der Waals surface area contributed by atoms with Gasteiger partial charge in [-0.15, -0.1) is 0 Å². The van der Waals surface area contributed by atoms with Crippen molar-refractivity contribution in [3.05, 3.63) is 83.1 Å².